The summed E-state index contributed by atoms with van der Waals surface area (Å²) >= 11 is 0. The Morgan fingerprint density at radius 1 is 0.549 bits per heavy atom. The van der Waals surface area contributed by atoms with Crippen molar-refractivity contribution in [3.8, 4) is 17.2 Å². The van der Waals surface area contributed by atoms with E-state index in [4.69, 9.17) is 23.7 Å². The second kappa shape index (κ2) is 16.3. The Balaban J connectivity index is 1.64. The van der Waals surface area contributed by atoms with Crippen LogP contribution in [0.2, 0.25) is 0 Å². The van der Waals surface area contributed by atoms with Crippen LogP contribution in [-0.4, -0.2) is 86.3 Å². The molecule has 4 aromatic carbocycles. The van der Waals surface area contributed by atoms with Gasteiger partial charge in [0.05, 0.1) is 24.3 Å². The zero-order valence-corrected chi connectivity index (χ0v) is 27.9. The Kier molecular flexibility index (Phi) is 11.7. The predicted octanol–water partition coefficient (Wildman–Crippen LogP) is 2.93. The normalized spacial score (nSPS) is 26.3. The molecule has 0 spiro atoms. The van der Waals surface area contributed by atoms with E-state index >= 15 is 0 Å². The van der Waals surface area contributed by atoms with E-state index in [0.29, 0.717) is 0 Å². The van der Waals surface area contributed by atoms with Gasteiger partial charge in [-0.15, -0.1) is 0 Å². The second-order valence-corrected chi connectivity index (χ2v) is 12.7. The van der Waals surface area contributed by atoms with Gasteiger partial charge in [-0.1, -0.05) is 91.0 Å². The average Bonchev–Trinajstić information content (AvgIpc) is 3.15. The maximum Gasteiger partial charge on any atom is 0.167 e. The zero-order chi connectivity index (χ0) is 36.1. The van der Waals surface area contributed by atoms with Crippen molar-refractivity contribution < 1.29 is 59.1 Å². The molecular weight excluding hydrogens is 660 g/mol. The highest BCUT2D eigenvalue weighted by atomic mass is 16.5. The van der Waals surface area contributed by atoms with Crippen LogP contribution in [-0.2, 0) is 29.3 Å². The van der Waals surface area contributed by atoms with E-state index in [9.17, 15) is 35.4 Å². The molecule has 2 fully saturated rings. The Labute approximate surface area is 295 Å². The Morgan fingerprint density at radius 3 is 1.22 bits per heavy atom. The van der Waals surface area contributed by atoms with Crippen LogP contribution < -0.4 is 14.2 Å². The van der Waals surface area contributed by atoms with Crippen LogP contribution in [0.25, 0.3) is 0 Å². The number of benzene rings is 4. The smallest absolute Gasteiger partial charge is 0.167 e. The first-order valence-electron chi connectivity index (χ1n) is 16.7. The lowest BCUT2D eigenvalue weighted by molar-refractivity contribution is -0.192. The number of hydrogen-bond acceptors (Lipinski definition) is 12. The molecule has 0 aromatic heterocycles. The molecular formula is C39H42O12. The fraction of sp³-hybridized carbons (Fsp3) is 0.359. The summed E-state index contributed by atoms with van der Waals surface area (Å²) in [7, 11) is 0. The van der Waals surface area contributed by atoms with Crippen LogP contribution >= 0.6 is 0 Å². The van der Waals surface area contributed by atoms with Gasteiger partial charge in [0.2, 0.25) is 0 Å². The van der Waals surface area contributed by atoms with Gasteiger partial charge in [-0.3, -0.25) is 4.79 Å². The molecule has 12 heteroatoms. The van der Waals surface area contributed by atoms with Gasteiger partial charge in [-0.05, 0) is 23.6 Å². The molecule has 4 aromatic rings. The summed E-state index contributed by atoms with van der Waals surface area (Å²) in [5.41, 5.74) is 2.08. The van der Waals surface area contributed by atoms with Crippen LogP contribution in [0.1, 0.15) is 57.3 Å². The zero-order valence-electron chi connectivity index (χ0n) is 27.9. The van der Waals surface area contributed by atoms with E-state index in [-0.39, 0.29) is 67.0 Å². The highest BCUT2D eigenvalue weighted by Gasteiger charge is 2.48. The molecule has 0 bridgehead atoms. The van der Waals surface area contributed by atoms with Crippen molar-refractivity contribution in [3.63, 3.8) is 0 Å². The number of aliphatic hydroxyl groups excluding tert-OH is 6. The molecule has 8 atom stereocenters. The molecule has 0 amide bonds. The molecule has 2 aliphatic heterocycles. The molecule has 2 aliphatic rings. The number of carbonyl (C=O) groups excluding carboxylic acids is 1. The second-order valence-electron chi connectivity index (χ2n) is 12.7. The van der Waals surface area contributed by atoms with Crippen LogP contribution in [0.3, 0.4) is 0 Å². The molecule has 270 valence electrons. The van der Waals surface area contributed by atoms with E-state index < -0.39 is 54.6 Å². The molecule has 0 saturated carbocycles. The summed E-state index contributed by atoms with van der Waals surface area (Å²) in [5, 5.41) is 65.4. The Morgan fingerprint density at radius 2 is 0.882 bits per heavy atom. The quantitative estimate of drug-likeness (QED) is 0.119. The summed E-state index contributed by atoms with van der Waals surface area (Å²) in [6, 6.07) is 27.4. The van der Waals surface area contributed by atoms with Crippen molar-refractivity contribution in [1.29, 1.82) is 0 Å². The van der Waals surface area contributed by atoms with Crippen molar-refractivity contribution in [3.05, 3.63) is 124 Å². The number of carbonyl (C=O) groups is 1. The summed E-state index contributed by atoms with van der Waals surface area (Å²) in [6.45, 7) is 0.355. The molecule has 0 radical (unpaired) electrons. The predicted molar refractivity (Wildman–Crippen MR) is 182 cm³/mol. The van der Waals surface area contributed by atoms with Crippen LogP contribution in [0.15, 0.2) is 91.0 Å². The molecule has 0 aliphatic carbocycles. The highest BCUT2D eigenvalue weighted by molar-refractivity contribution is 6.01. The fourth-order valence-corrected chi connectivity index (χ4v) is 6.33. The fourth-order valence-electron chi connectivity index (χ4n) is 6.33. The van der Waals surface area contributed by atoms with E-state index in [1.165, 1.54) is 6.92 Å². The Bertz CT molecular complexity index is 1650. The van der Waals surface area contributed by atoms with Crippen molar-refractivity contribution in [2.24, 2.45) is 0 Å². The number of ketones is 1. The average molecular weight is 703 g/mol. The van der Waals surface area contributed by atoms with Gasteiger partial charge in [-0.2, -0.15) is 0 Å². The Hall–Kier alpha value is -4.37. The standard InChI is InChI=1S/C39H42O12/c1-22(40)28-35(47-17-23-11-5-2-6-12-23)29(38-33(45)31(43)26(41)20-50-38)37(49-19-25-15-9-4-10-16-25)30(39-34(46)32(44)27(42)21-51-39)36(28)48-18-24-13-7-3-8-14-24/h2-16,26-27,31-34,38-39,41-46H,17-21H2,1H3/t26-,27-,31+,32+,33-,34-,38+,39+/m1/s1. The third-order valence-corrected chi connectivity index (χ3v) is 9.03. The molecule has 2 heterocycles. The van der Waals surface area contributed by atoms with Crippen LogP contribution in [0.4, 0.5) is 0 Å². The molecule has 6 N–H and O–H groups in total. The first-order chi connectivity index (χ1) is 24.7. The minimum atomic E-state index is -1.74. The summed E-state index contributed by atoms with van der Waals surface area (Å²) in [4.78, 5) is 13.9. The van der Waals surface area contributed by atoms with Gasteiger partial charge < -0.3 is 54.3 Å². The lowest BCUT2D eigenvalue weighted by Crippen LogP contribution is -2.50. The maximum absolute atomic E-state index is 13.9. The third kappa shape index (κ3) is 7.93. The lowest BCUT2D eigenvalue weighted by Gasteiger charge is -2.40. The minimum absolute atomic E-state index is 0.0102. The van der Waals surface area contributed by atoms with E-state index in [1.807, 2.05) is 91.0 Å². The molecule has 51 heavy (non-hydrogen) atoms. The monoisotopic (exact) mass is 702 g/mol. The molecule has 0 unspecified atom stereocenters. The van der Waals surface area contributed by atoms with Gasteiger partial charge in [0, 0.05) is 0 Å². The van der Waals surface area contributed by atoms with E-state index in [1.54, 1.807) is 0 Å². The minimum Gasteiger partial charge on any atom is -0.488 e. The number of hydrogen-bond donors (Lipinski definition) is 6. The topological polar surface area (TPSA) is 185 Å². The number of Topliss-reactive ketones (excluding diaryl/α,β-unsaturated/α-hetero) is 1. The van der Waals surface area contributed by atoms with Crippen molar-refractivity contribution in [2.45, 2.75) is 75.6 Å². The number of ether oxygens (including phenoxy) is 5. The largest absolute Gasteiger partial charge is 0.488 e. The molecule has 12 nitrogen and oxygen atoms in total. The van der Waals surface area contributed by atoms with Crippen molar-refractivity contribution >= 4 is 5.78 Å². The SMILES string of the molecule is CC(=O)c1c(OCc2ccccc2)c([C@@H]2OC[C@@H](O)[C@H](O)[C@H]2O)c(OCc2ccccc2)c([C@@H]2OC[C@@H](O)[C@H](O)[C@H]2O)c1OCc1ccccc1. The van der Waals surface area contributed by atoms with Gasteiger partial charge >= 0.3 is 0 Å². The summed E-state index contributed by atoms with van der Waals surface area (Å²) < 4.78 is 31.5. The third-order valence-electron chi connectivity index (χ3n) is 9.03. The van der Waals surface area contributed by atoms with Gasteiger partial charge in [0.25, 0.3) is 0 Å². The summed E-state index contributed by atoms with van der Waals surface area (Å²) in [6.07, 6.45) is -12.5. The van der Waals surface area contributed by atoms with Crippen LogP contribution in [0, 0.1) is 0 Å². The summed E-state index contributed by atoms with van der Waals surface area (Å²) in [5.74, 6) is -0.773. The van der Waals surface area contributed by atoms with E-state index in [0.717, 1.165) is 16.7 Å². The van der Waals surface area contributed by atoms with Gasteiger partial charge in [0.15, 0.2) is 5.78 Å². The van der Waals surface area contributed by atoms with Crippen molar-refractivity contribution in [2.75, 3.05) is 13.2 Å². The van der Waals surface area contributed by atoms with Gasteiger partial charge in [0.1, 0.15) is 91.5 Å². The van der Waals surface area contributed by atoms with Crippen LogP contribution in [0.5, 0.6) is 17.2 Å². The molecule has 2 saturated heterocycles. The highest BCUT2D eigenvalue weighted by Crippen LogP contribution is 2.54. The van der Waals surface area contributed by atoms with Gasteiger partial charge in [-0.25, -0.2) is 0 Å². The first-order valence-corrected chi connectivity index (χ1v) is 16.7. The number of rotatable bonds is 12. The maximum atomic E-state index is 13.9. The first kappa shape index (κ1) is 36.4. The lowest BCUT2D eigenvalue weighted by atomic mass is 9.85. The van der Waals surface area contributed by atoms with E-state index in [2.05, 4.69) is 0 Å². The number of aliphatic hydroxyl groups is 6. The molecule has 6 rings (SSSR count). The van der Waals surface area contributed by atoms with Crippen molar-refractivity contribution in [1.82, 2.24) is 0 Å².